The number of piperazine rings is 1. The molecule has 1 aromatic carbocycles. The molecule has 1 aliphatic rings. The molecular weight excluding hydrogens is 279 g/mol. The first-order valence-corrected chi connectivity index (χ1v) is 8.17. The first-order chi connectivity index (χ1) is 10.5. The van der Waals surface area contributed by atoms with Gasteiger partial charge in [-0.1, -0.05) is 26.0 Å². The fourth-order valence-corrected chi connectivity index (χ4v) is 3.04. The molecule has 1 saturated heterocycles. The predicted octanol–water partition coefficient (Wildman–Crippen LogP) is 3.12. The Kier molecular flexibility index (Phi) is 5.95. The summed E-state index contributed by atoms with van der Waals surface area (Å²) in [6.45, 7) is 7.84. The van der Waals surface area contributed by atoms with Gasteiger partial charge < -0.3 is 9.80 Å². The van der Waals surface area contributed by atoms with Crippen molar-refractivity contribution in [3.05, 3.63) is 35.6 Å². The highest BCUT2D eigenvalue weighted by atomic mass is 19.1. The van der Waals surface area contributed by atoms with Crippen molar-refractivity contribution in [3.63, 3.8) is 0 Å². The molecule has 0 radical (unpaired) electrons. The van der Waals surface area contributed by atoms with Crippen LogP contribution in [0.1, 0.15) is 38.2 Å². The van der Waals surface area contributed by atoms with E-state index in [9.17, 15) is 9.18 Å². The first kappa shape index (κ1) is 16.9. The normalized spacial score (nSPS) is 17.8. The Hall–Kier alpha value is -1.42. The van der Waals surface area contributed by atoms with E-state index in [4.69, 9.17) is 0 Å². The van der Waals surface area contributed by atoms with E-state index in [2.05, 4.69) is 25.8 Å². The highest BCUT2D eigenvalue weighted by Crippen LogP contribution is 2.28. The summed E-state index contributed by atoms with van der Waals surface area (Å²) in [5.74, 6) is 0.684. The molecule has 0 aliphatic carbocycles. The lowest BCUT2D eigenvalue weighted by Crippen LogP contribution is -2.47. The number of amides is 1. The maximum absolute atomic E-state index is 13.1. The van der Waals surface area contributed by atoms with E-state index in [0.29, 0.717) is 12.3 Å². The summed E-state index contributed by atoms with van der Waals surface area (Å²) >= 11 is 0. The Morgan fingerprint density at radius 2 is 1.73 bits per heavy atom. The van der Waals surface area contributed by atoms with Gasteiger partial charge in [-0.05, 0) is 43.0 Å². The minimum atomic E-state index is -0.225. The molecule has 4 heteroatoms. The smallest absolute Gasteiger partial charge is 0.223 e. The maximum atomic E-state index is 13.1. The van der Waals surface area contributed by atoms with Gasteiger partial charge in [0.2, 0.25) is 5.91 Å². The van der Waals surface area contributed by atoms with E-state index >= 15 is 0 Å². The van der Waals surface area contributed by atoms with Crippen molar-refractivity contribution in [2.24, 2.45) is 5.92 Å². The number of likely N-dealkylation sites (N-methyl/N-ethyl adjacent to an activating group) is 1. The van der Waals surface area contributed by atoms with Crippen LogP contribution in [-0.4, -0.2) is 48.9 Å². The molecule has 1 unspecified atom stereocenters. The number of halogens is 1. The Bertz CT molecular complexity index is 478. The molecule has 1 aromatic rings. The Morgan fingerprint density at radius 3 is 2.27 bits per heavy atom. The van der Waals surface area contributed by atoms with Gasteiger partial charge >= 0.3 is 0 Å². The quantitative estimate of drug-likeness (QED) is 0.834. The van der Waals surface area contributed by atoms with Crippen molar-refractivity contribution in [1.29, 1.82) is 0 Å². The lowest BCUT2D eigenvalue weighted by molar-refractivity contribution is -0.133. The zero-order valence-corrected chi connectivity index (χ0v) is 13.9. The molecular formula is C18H27FN2O. The summed E-state index contributed by atoms with van der Waals surface area (Å²) in [6.07, 6.45) is 1.47. The van der Waals surface area contributed by atoms with Crippen LogP contribution in [-0.2, 0) is 4.79 Å². The molecule has 22 heavy (non-hydrogen) atoms. The van der Waals surface area contributed by atoms with Crippen molar-refractivity contribution in [2.75, 3.05) is 33.2 Å². The number of nitrogens with zero attached hydrogens (tertiary/aromatic N) is 2. The van der Waals surface area contributed by atoms with Gasteiger partial charge in [0.1, 0.15) is 5.82 Å². The van der Waals surface area contributed by atoms with E-state index in [-0.39, 0.29) is 17.6 Å². The molecule has 122 valence electrons. The number of rotatable bonds is 5. The highest BCUT2D eigenvalue weighted by molar-refractivity contribution is 5.77. The van der Waals surface area contributed by atoms with E-state index in [1.165, 1.54) is 12.1 Å². The number of hydrogen-bond donors (Lipinski definition) is 0. The molecule has 1 amide bonds. The van der Waals surface area contributed by atoms with Gasteiger partial charge in [-0.25, -0.2) is 4.39 Å². The number of carbonyl (C=O) groups excluding carboxylic acids is 1. The molecule has 1 aliphatic heterocycles. The largest absolute Gasteiger partial charge is 0.340 e. The summed E-state index contributed by atoms with van der Waals surface area (Å²) in [5, 5.41) is 0. The SMILES string of the molecule is CC(C)CC(CC(=O)N1CCN(C)CC1)c1ccc(F)cc1. The van der Waals surface area contributed by atoms with Crippen LogP contribution in [0.4, 0.5) is 4.39 Å². The average molecular weight is 306 g/mol. The summed E-state index contributed by atoms with van der Waals surface area (Å²) < 4.78 is 13.1. The van der Waals surface area contributed by atoms with Gasteiger partial charge in [0.25, 0.3) is 0 Å². The second kappa shape index (κ2) is 7.73. The van der Waals surface area contributed by atoms with Crippen LogP contribution in [0.5, 0.6) is 0 Å². The summed E-state index contributed by atoms with van der Waals surface area (Å²) in [4.78, 5) is 16.8. The number of hydrogen-bond acceptors (Lipinski definition) is 2. The summed E-state index contributed by atoms with van der Waals surface area (Å²) in [7, 11) is 2.09. The maximum Gasteiger partial charge on any atom is 0.223 e. The van der Waals surface area contributed by atoms with Gasteiger partial charge in [-0.3, -0.25) is 4.79 Å². The zero-order chi connectivity index (χ0) is 16.1. The molecule has 1 fully saturated rings. The van der Waals surface area contributed by atoms with Gasteiger partial charge in [0, 0.05) is 32.6 Å². The van der Waals surface area contributed by atoms with Crippen molar-refractivity contribution in [3.8, 4) is 0 Å². The van der Waals surface area contributed by atoms with Crippen molar-refractivity contribution >= 4 is 5.91 Å². The molecule has 0 N–H and O–H groups in total. The standard InChI is InChI=1S/C18H27FN2O/c1-14(2)12-16(15-4-6-17(19)7-5-15)13-18(22)21-10-8-20(3)9-11-21/h4-7,14,16H,8-13H2,1-3H3. The van der Waals surface area contributed by atoms with Crippen LogP contribution in [0.15, 0.2) is 24.3 Å². The molecule has 0 aromatic heterocycles. The lowest BCUT2D eigenvalue weighted by atomic mass is 9.87. The van der Waals surface area contributed by atoms with Crippen LogP contribution < -0.4 is 0 Å². The van der Waals surface area contributed by atoms with Gasteiger partial charge in [0.15, 0.2) is 0 Å². The predicted molar refractivity (Wildman–Crippen MR) is 87.3 cm³/mol. The van der Waals surface area contributed by atoms with Gasteiger partial charge in [-0.15, -0.1) is 0 Å². The Labute approximate surface area is 133 Å². The van der Waals surface area contributed by atoms with Crippen LogP contribution in [0.3, 0.4) is 0 Å². The topological polar surface area (TPSA) is 23.6 Å². The minimum Gasteiger partial charge on any atom is -0.340 e. The van der Waals surface area contributed by atoms with Crippen LogP contribution in [0.2, 0.25) is 0 Å². The van der Waals surface area contributed by atoms with E-state index in [1.807, 2.05) is 17.0 Å². The molecule has 1 atom stereocenters. The second-order valence-corrected chi connectivity index (χ2v) is 6.77. The fraction of sp³-hybridized carbons (Fsp3) is 0.611. The van der Waals surface area contributed by atoms with Gasteiger partial charge in [0.05, 0.1) is 0 Å². The number of benzene rings is 1. The van der Waals surface area contributed by atoms with E-state index < -0.39 is 0 Å². The van der Waals surface area contributed by atoms with Crippen molar-refractivity contribution in [2.45, 2.75) is 32.6 Å². The molecule has 2 rings (SSSR count). The molecule has 0 spiro atoms. The van der Waals surface area contributed by atoms with Crippen molar-refractivity contribution in [1.82, 2.24) is 9.80 Å². The first-order valence-electron chi connectivity index (χ1n) is 8.17. The third-order valence-electron chi connectivity index (χ3n) is 4.37. The number of carbonyl (C=O) groups is 1. The minimum absolute atomic E-state index is 0.174. The Morgan fingerprint density at radius 1 is 1.14 bits per heavy atom. The third-order valence-corrected chi connectivity index (χ3v) is 4.37. The molecule has 3 nitrogen and oxygen atoms in total. The zero-order valence-electron chi connectivity index (χ0n) is 13.9. The van der Waals surface area contributed by atoms with Crippen LogP contribution >= 0.6 is 0 Å². The van der Waals surface area contributed by atoms with Crippen LogP contribution in [0, 0.1) is 11.7 Å². The monoisotopic (exact) mass is 306 g/mol. The van der Waals surface area contributed by atoms with E-state index in [0.717, 1.165) is 38.2 Å². The molecule has 1 heterocycles. The van der Waals surface area contributed by atoms with Gasteiger partial charge in [-0.2, -0.15) is 0 Å². The van der Waals surface area contributed by atoms with E-state index in [1.54, 1.807) is 0 Å². The average Bonchev–Trinajstić information content (AvgIpc) is 2.47. The Balaban J connectivity index is 2.03. The molecule has 0 bridgehead atoms. The fourth-order valence-electron chi connectivity index (χ4n) is 3.04. The van der Waals surface area contributed by atoms with Crippen molar-refractivity contribution < 1.29 is 9.18 Å². The third kappa shape index (κ3) is 4.80. The second-order valence-electron chi connectivity index (χ2n) is 6.77. The summed E-state index contributed by atoms with van der Waals surface area (Å²) in [5.41, 5.74) is 1.07. The highest BCUT2D eigenvalue weighted by Gasteiger charge is 2.23. The molecule has 0 saturated carbocycles. The lowest BCUT2D eigenvalue weighted by Gasteiger charge is -2.33. The van der Waals surface area contributed by atoms with Crippen LogP contribution in [0.25, 0.3) is 0 Å². The summed E-state index contributed by atoms with van der Waals surface area (Å²) in [6, 6.07) is 6.62.